The van der Waals surface area contributed by atoms with Gasteiger partial charge in [-0.05, 0) is 40.3 Å². The van der Waals surface area contributed by atoms with Crippen LogP contribution < -0.4 is 10.9 Å². The van der Waals surface area contributed by atoms with Crippen LogP contribution in [0.5, 0.6) is 5.75 Å². The molecule has 9 nitrogen and oxygen atoms in total. The summed E-state index contributed by atoms with van der Waals surface area (Å²) in [5.41, 5.74) is 2.52. The molecular weight excluding hydrogens is 382 g/mol. The second-order valence-electron chi connectivity index (χ2n) is 6.27. The number of phenols is 1. The largest absolute Gasteiger partial charge is 0.508 e. The van der Waals surface area contributed by atoms with Gasteiger partial charge in [0.15, 0.2) is 0 Å². The Morgan fingerprint density at radius 1 is 1.14 bits per heavy atom. The van der Waals surface area contributed by atoms with Crippen LogP contribution in [0.15, 0.2) is 53.3 Å². The first-order valence-electron chi connectivity index (χ1n) is 8.34. The topological polar surface area (TPSA) is 122 Å². The van der Waals surface area contributed by atoms with Crippen LogP contribution in [0.25, 0.3) is 11.3 Å². The van der Waals surface area contributed by atoms with Crippen molar-refractivity contribution in [1.82, 2.24) is 30.4 Å². The molecule has 0 radical (unpaired) electrons. The van der Waals surface area contributed by atoms with Crippen molar-refractivity contribution < 1.29 is 5.11 Å². The first-order chi connectivity index (χ1) is 13.6. The lowest BCUT2D eigenvalue weighted by atomic mass is 9.92. The highest BCUT2D eigenvalue weighted by Crippen LogP contribution is 2.41. The van der Waals surface area contributed by atoms with Crippen LogP contribution in [0.3, 0.4) is 0 Å². The van der Waals surface area contributed by atoms with Crippen molar-refractivity contribution in [2.45, 2.75) is 6.04 Å². The van der Waals surface area contributed by atoms with Gasteiger partial charge < -0.3 is 10.4 Å². The van der Waals surface area contributed by atoms with Crippen LogP contribution in [0.2, 0.25) is 5.02 Å². The summed E-state index contributed by atoms with van der Waals surface area (Å²) in [6.07, 6.45) is 0. The fourth-order valence-corrected chi connectivity index (χ4v) is 3.49. The van der Waals surface area contributed by atoms with Gasteiger partial charge in [-0.3, -0.25) is 4.79 Å². The molecule has 0 amide bonds. The van der Waals surface area contributed by atoms with E-state index in [0.29, 0.717) is 33.5 Å². The Bertz CT molecular complexity index is 1250. The summed E-state index contributed by atoms with van der Waals surface area (Å²) in [5.74, 6) is 0.414. The first kappa shape index (κ1) is 16.5. The third-order valence-electron chi connectivity index (χ3n) is 4.57. The number of phenolic OH excluding ortho intramolecular Hbond substituents is 1. The maximum Gasteiger partial charge on any atom is 0.288 e. The molecular formula is C18H12ClN7O2. The van der Waals surface area contributed by atoms with Crippen LogP contribution >= 0.6 is 11.6 Å². The molecule has 0 saturated heterocycles. The summed E-state index contributed by atoms with van der Waals surface area (Å²) in [7, 11) is 0. The van der Waals surface area contributed by atoms with Gasteiger partial charge in [0, 0.05) is 16.1 Å². The van der Waals surface area contributed by atoms with Crippen LogP contribution in [0.1, 0.15) is 17.2 Å². The van der Waals surface area contributed by atoms with E-state index in [1.807, 2.05) is 18.2 Å². The van der Waals surface area contributed by atoms with Gasteiger partial charge in [0.1, 0.15) is 17.5 Å². The second kappa shape index (κ2) is 6.17. The zero-order valence-corrected chi connectivity index (χ0v) is 14.9. The third-order valence-corrected chi connectivity index (χ3v) is 4.82. The molecule has 28 heavy (non-hydrogen) atoms. The highest BCUT2D eigenvalue weighted by molar-refractivity contribution is 6.30. The zero-order chi connectivity index (χ0) is 19.3. The molecule has 0 spiro atoms. The van der Waals surface area contributed by atoms with Gasteiger partial charge in [-0.15, -0.1) is 0 Å². The number of hydrogen-bond acceptors (Lipinski definition) is 7. The molecule has 5 rings (SSSR count). The normalized spacial score (nSPS) is 14.8. The third kappa shape index (κ3) is 2.52. The van der Waals surface area contributed by atoms with Gasteiger partial charge in [0.2, 0.25) is 5.95 Å². The summed E-state index contributed by atoms with van der Waals surface area (Å²) in [6.45, 7) is 0. The number of hydrogen-bond donors (Lipinski definition) is 3. The molecule has 3 N–H and O–H groups in total. The molecule has 0 aliphatic carbocycles. The minimum atomic E-state index is -0.561. The lowest BCUT2D eigenvalue weighted by Crippen LogP contribution is -2.29. The minimum Gasteiger partial charge on any atom is -0.508 e. The number of nitrogens with zero attached hydrogens (tertiary/aromatic N) is 5. The molecule has 2 aromatic heterocycles. The molecule has 1 aliphatic rings. The highest BCUT2D eigenvalue weighted by atomic mass is 35.5. The minimum absolute atomic E-state index is 0.0954. The van der Waals surface area contributed by atoms with Crippen LogP contribution in [-0.2, 0) is 0 Å². The van der Waals surface area contributed by atoms with E-state index in [-0.39, 0.29) is 5.75 Å². The van der Waals surface area contributed by atoms with Gasteiger partial charge in [-0.25, -0.2) is 5.10 Å². The number of tetrazole rings is 1. The van der Waals surface area contributed by atoms with Crippen molar-refractivity contribution in [2.75, 3.05) is 5.32 Å². The van der Waals surface area contributed by atoms with Gasteiger partial charge in [0.05, 0.1) is 5.69 Å². The summed E-state index contributed by atoms with van der Waals surface area (Å²) in [4.78, 5) is 12.5. The van der Waals surface area contributed by atoms with E-state index in [4.69, 9.17) is 11.6 Å². The summed E-state index contributed by atoms with van der Waals surface area (Å²) < 4.78 is 1.55. The molecule has 0 saturated carbocycles. The monoisotopic (exact) mass is 393 g/mol. The van der Waals surface area contributed by atoms with Gasteiger partial charge in [-0.1, -0.05) is 41.0 Å². The molecule has 1 aliphatic heterocycles. The lowest BCUT2D eigenvalue weighted by Gasteiger charge is -2.27. The number of rotatable bonds is 2. The van der Waals surface area contributed by atoms with Crippen LogP contribution in [0, 0.1) is 0 Å². The van der Waals surface area contributed by atoms with Gasteiger partial charge >= 0.3 is 0 Å². The van der Waals surface area contributed by atoms with Crippen molar-refractivity contribution in [3.63, 3.8) is 0 Å². The van der Waals surface area contributed by atoms with E-state index >= 15 is 0 Å². The highest BCUT2D eigenvalue weighted by Gasteiger charge is 2.34. The Labute approximate surface area is 162 Å². The Kier molecular flexibility index (Phi) is 3.63. The first-order valence-corrected chi connectivity index (χ1v) is 8.72. The molecule has 0 bridgehead atoms. The van der Waals surface area contributed by atoms with Gasteiger partial charge in [-0.2, -0.15) is 9.78 Å². The summed E-state index contributed by atoms with van der Waals surface area (Å²) >= 11 is 6.01. The van der Waals surface area contributed by atoms with E-state index < -0.39 is 11.6 Å². The SMILES string of the molecule is O=c1[nH]nc(-c2ccc(Cl)cc2)c2c1Nc1nnnn1[C@H]2c1cccc(O)c1. The number of aromatic hydroxyl groups is 1. The Morgan fingerprint density at radius 2 is 1.96 bits per heavy atom. The fourth-order valence-electron chi connectivity index (χ4n) is 3.37. The number of aromatic nitrogens is 6. The maximum atomic E-state index is 12.5. The predicted molar refractivity (Wildman–Crippen MR) is 102 cm³/mol. The quantitative estimate of drug-likeness (QED) is 0.421. The average Bonchev–Trinajstić information content (AvgIpc) is 3.16. The molecule has 0 unspecified atom stereocenters. The number of nitrogens with one attached hydrogen (secondary N) is 2. The molecule has 2 aromatic carbocycles. The molecule has 1 atom stereocenters. The van der Waals surface area contributed by atoms with Crippen molar-refractivity contribution >= 4 is 23.2 Å². The molecule has 138 valence electrons. The average molecular weight is 394 g/mol. The van der Waals surface area contributed by atoms with E-state index in [0.717, 1.165) is 5.56 Å². The number of aromatic amines is 1. The molecule has 10 heteroatoms. The van der Waals surface area contributed by atoms with E-state index in [1.165, 1.54) is 0 Å². The van der Waals surface area contributed by atoms with E-state index in [2.05, 4.69) is 31.0 Å². The van der Waals surface area contributed by atoms with E-state index in [9.17, 15) is 9.90 Å². The smallest absolute Gasteiger partial charge is 0.288 e. The number of halogens is 1. The Hall–Kier alpha value is -3.72. The number of fused-ring (bicyclic) bond motifs is 2. The number of H-pyrrole nitrogens is 1. The maximum absolute atomic E-state index is 12.5. The fraction of sp³-hybridized carbons (Fsp3) is 0.0556. The summed E-state index contributed by atoms with van der Waals surface area (Å²) in [6, 6.07) is 13.3. The van der Waals surface area contributed by atoms with Crippen LogP contribution in [0.4, 0.5) is 11.6 Å². The molecule has 0 fully saturated rings. The predicted octanol–water partition coefficient (Wildman–Crippen LogP) is 2.48. The second-order valence-corrected chi connectivity index (χ2v) is 6.70. The van der Waals surface area contributed by atoms with Crippen molar-refractivity contribution in [3.8, 4) is 17.0 Å². The number of benzene rings is 2. The van der Waals surface area contributed by atoms with Crippen LogP contribution in [-0.4, -0.2) is 35.5 Å². The Morgan fingerprint density at radius 3 is 2.75 bits per heavy atom. The molecule has 4 aromatic rings. The molecule has 3 heterocycles. The van der Waals surface area contributed by atoms with E-state index in [1.54, 1.807) is 35.0 Å². The van der Waals surface area contributed by atoms with Crippen molar-refractivity contribution in [2.24, 2.45) is 0 Å². The number of anilines is 2. The zero-order valence-electron chi connectivity index (χ0n) is 14.2. The van der Waals surface area contributed by atoms with Crippen molar-refractivity contribution in [3.05, 3.63) is 75.0 Å². The van der Waals surface area contributed by atoms with Crippen molar-refractivity contribution in [1.29, 1.82) is 0 Å². The summed E-state index contributed by atoms with van der Waals surface area (Å²) in [5, 5.41) is 32.1. The standard InChI is InChI=1S/C18H12ClN7O2/c19-11-6-4-9(5-7-11)14-13-15(17(28)22-21-14)20-18-23-24-25-26(18)16(13)10-2-1-3-12(27)8-10/h1-8,16,27H,(H,22,28)(H,20,23,25)/t16-/m0/s1. The van der Waals surface area contributed by atoms with Gasteiger partial charge in [0.25, 0.3) is 5.56 Å². The Balaban J connectivity index is 1.82. The lowest BCUT2D eigenvalue weighted by molar-refractivity contribution is 0.472.